The van der Waals surface area contributed by atoms with E-state index < -0.39 is 0 Å². The Bertz CT molecular complexity index is 464. The molecule has 0 atom stereocenters. The average molecular weight is 159 g/mol. The van der Waals surface area contributed by atoms with Gasteiger partial charge in [-0.05, 0) is 6.07 Å². The molecule has 5 heteroatoms. The molecule has 0 fully saturated rings. The lowest BCUT2D eigenvalue weighted by Gasteiger charge is -1.94. The van der Waals surface area contributed by atoms with Gasteiger partial charge in [0.2, 0.25) is 0 Å². The van der Waals surface area contributed by atoms with Crippen LogP contribution in [-0.2, 0) is 0 Å². The number of rotatable bonds is 0. The second-order valence-electron chi connectivity index (χ2n) is 2.28. The molecule has 0 aliphatic carbocycles. The van der Waals surface area contributed by atoms with Gasteiger partial charge in [-0.3, -0.25) is 0 Å². The quantitative estimate of drug-likeness (QED) is 0.601. The molecule has 0 aromatic carbocycles. The monoisotopic (exact) mass is 159 g/mol. The Morgan fingerprint density at radius 3 is 3.08 bits per heavy atom. The van der Waals surface area contributed by atoms with Crippen LogP contribution in [0.3, 0.4) is 0 Å². The summed E-state index contributed by atoms with van der Waals surface area (Å²) in [6, 6.07) is 1.72. The van der Waals surface area contributed by atoms with Crippen molar-refractivity contribution in [1.29, 1.82) is 5.26 Å². The second-order valence-corrected chi connectivity index (χ2v) is 2.28. The molecule has 0 aliphatic heterocycles. The van der Waals surface area contributed by atoms with E-state index in [0.717, 1.165) is 0 Å². The molecule has 2 N–H and O–H groups in total. The van der Waals surface area contributed by atoms with E-state index in [2.05, 4.69) is 9.97 Å². The molecule has 2 heterocycles. The summed E-state index contributed by atoms with van der Waals surface area (Å²) >= 11 is 0. The maximum Gasteiger partial charge on any atom is 0.188 e. The zero-order chi connectivity index (χ0) is 8.55. The minimum absolute atomic E-state index is 0.326. The normalized spacial score (nSPS) is 9.92. The summed E-state index contributed by atoms with van der Waals surface area (Å²) in [7, 11) is 0. The van der Waals surface area contributed by atoms with E-state index in [0.29, 0.717) is 16.9 Å². The molecule has 2 rings (SSSR count). The van der Waals surface area contributed by atoms with Crippen molar-refractivity contribution in [2.75, 3.05) is 5.73 Å². The van der Waals surface area contributed by atoms with Gasteiger partial charge in [0.25, 0.3) is 0 Å². The molecule has 0 unspecified atom stereocenters. The molecular formula is C7H5N5. The zero-order valence-electron chi connectivity index (χ0n) is 6.10. The lowest BCUT2D eigenvalue weighted by Crippen LogP contribution is -1.95. The molecule has 0 aliphatic rings. The van der Waals surface area contributed by atoms with Crippen molar-refractivity contribution < 1.29 is 0 Å². The molecule has 0 saturated heterocycles. The number of nitrogen functional groups attached to an aromatic ring is 1. The Morgan fingerprint density at radius 1 is 1.50 bits per heavy atom. The van der Waals surface area contributed by atoms with Gasteiger partial charge in [0.05, 0.1) is 5.52 Å². The van der Waals surface area contributed by atoms with Gasteiger partial charge in [-0.2, -0.15) is 5.26 Å². The fourth-order valence-electron chi connectivity index (χ4n) is 1.08. The predicted molar refractivity (Wildman–Crippen MR) is 43.0 cm³/mol. The maximum atomic E-state index is 8.65. The number of anilines is 1. The number of fused-ring (bicyclic) bond motifs is 1. The summed E-state index contributed by atoms with van der Waals surface area (Å²) in [6.45, 7) is 0. The molecule has 0 spiro atoms. The Labute approximate surface area is 68.1 Å². The van der Waals surface area contributed by atoms with Crippen LogP contribution in [0, 0.1) is 11.5 Å². The lowest BCUT2D eigenvalue weighted by atomic mass is 10.4. The molecule has 0 saturated carbocycles. The molecule has 0 amide bonds. The molecule has 0 bridgehead atoms. The highest BCUT2D eigenvalue weighted by Gasteiger charge is 2.04. The van der Waals surface area contributed by atoms with Crippen LogP contribution in [0.1, 0.15) is 0 Å². The van der Waals surface area contributed by atoms with Gasteiger partial charge in [0.1, 0.15) is 11.8 Å². The van der Waals surface area contributed by atoms with Gasteiger partial charge in [-0.1, -0.05) is 0 Å². The SMILES string of the molecule is N#Cn1ccc2ncnc(N)c21. The topological polar surface area (TPSA) is 80.5 Å². The molecule has 12 heavy (non-hydrogen) atoms. The first-order valence-electron chi connectivity index (χ1n) is 3.30. The molecule has 0 radical (unpaired) electrons. The van der Waals surface area contributed by atoms with Crippen LogP contribution in [0.25, 0.3) is 11.0 Å². The summed E-state index contributed by atoms with van der Waals surface area (Å²) in [6.07, 6.45) is 4.93. The minimum atomic E-state index is 0.326. The summed E-state index contributed by atoms with van der Waals surface area (Å²) in [5.74, 6) is 0.326. The number of hydrogen-bond donors (Lipinski definition) is 1. The Balaban J connectivity index is 2.95. The van der Waals surface area contributed by atoms with Crippen LogP contribution in [0.15, 0.2) is 18.6 Å². The lowest BCUT2D eigenvalue weighted by molar-refractivity contribution is 1.13. The van der Waals surface area contributed by atoms with E-state index in [4.69, 9.17) is 11.0 Å². The van der Waals surface area contributed by atoms with E-state index in [9.17, 15) is 0 Å². The summed E-state index contributed by atoms with van der Waals surface area (Å²) in [5.41, 5.74) is 6.81. The fraction of sp³-hybridized carbons (Fsp3) is 0. The number of aromatic nitrogens is 3. The van der Waals surface area contributed by atoms with Crippen LogP contribution >= 0.6 is 0 Å². The number of nitriles is 1. The van der Waals surface area contributed by atoms with Gasteiger partial charge >= 0.3 is 0 Å². The average Bonchev–Trinajstić information content (AvgIpc) is 2.49. The van der Waals surface area contributed by atoms with Gasteiger partial charge in [-0.15, -0.1) is 0 Å². The fourth-order valence-corrected chi connectivity index (χ4v) is 1.08. The van der Waals surface area contributed by atoms with Crippen molar-refractivity contribution in [3.63, 3.8) is 0 Å². The summed E-state index contributed by atoms with van der Waals surface area (Å²) in [5, 5.41) is 8.65. The van der Waals surface area contributed by atoms with Crippen molar-refractivity contribution in [1.82, 2.24) is 14.5 Å². The largest absolute Gasteiger partial charge is 0.382 e. The molecule has 58 valence electrons. The highest BCUT2D eigenvalue weighted by Crippen LogP contribution is 2.16. The minimum Gasteiger partial charge on any atom is -0.382 e. The van der Waals surface area contributed by atoms with E-state index in [1.54, 1.807) is 12.3 Å². The first-order valence-corrected chi connectivity index (χ1v) is 3.30. The predicted octanol–water partition coefficient (Wildman–Crippen LogP) is 0.343. The number of nitrogens with two attached hydrogens (primary N) is 1. The van der Waals surface area contributed by atoms with Gasteiger partial charge in [0, 0.05) is 6.20 Å². The third-order valence-corrected chi connectivity index (χ3v) is 1.61. The highest BCUT2D eigenvalue weighted by molar-refractivity contribution is 5.85. The van der Waals surface area contributed by atoms with Crippen LogP contribution in [0.4, 0.5) is 5.82 Å². The Morgan fingerprint density at radius 2 is 2.33 bits per heavy atom. The molecule has 2 aromatic heterocycles. The van der Waals surface area contributed by atoms with E-state index in [1.807, 2.05) is 6.19 Å². The van der Waals surface area contributed by atoms with Gasteiger partial charge in [0.15, 0.2) is 12.0 Å². The third-order valence-electron chi connectivity index (χ3n) is 1.61. The second kappa shape index (κ2) is 2.20. The van der Waals surface area contributed by atoms with Crippen LogP contribution in [0.5, 0.6) is 0 Å². The first kappa shape index (κ1) is 6.61. The summed E-state index contributed by atoms with van der Waals surface area (Å²) in [4.78, 5) is 7.73. The van der Waals surface area contributed by atoms with Crippen molar-refractivity contribution in [3.05, 3.63) is 18.6 Å². The maximum absolute atomic E-state index is 8.65. The number of nitrogens with zero attached hydrogens (tertiary/aromatic N) is 4. The standard InChI is InChI=1S/C7H5N5/c8-3-12-2-1-5-6(12)7(9)11-4-10-5/h1-2,4H,(H2,9,10,11). The first-order chi connectivity index (χ1) is 5.83. The molecular weight excluding hydrogens is 154 g/mol. The molecule has 2 aromatic rings. The van der Waals surface area contributed by atoms with Crippen LogP contribution in [-0.4, -0.2) is 14.5 Å². The van der Waals surface area contributed by atoms with Gasteiger partial charge in [-0.25, -0.2) is 14.5 Å². The van der Waals surface area contributed by atoms with Gasteiger partial charge < -0.3 is 5.73 Å². The van der Waals surface area contributed by atoms with Crippen molar-refractivity contribution in [2.45, 2.75) is 0 Å². The van der Waals surface area contributed by atoms with Crippen LogP contribution in [0.2, 0.25) is 0 Å². The highest BCUT2D eigenvalue weighted by atomic mass is 15.0. The number of hydrogen-bond acceptors (Lipinski definition) is 4. The van der Waals surface area contributed by atoms with Crippen molar-refractivity contribution in [3.8, 4) is 6.19 Å². The third kappa shape index (κ3) is 0.720. The Hall–Kier alpha value is -2.09. The van der Waals surface area contributed by atoms with Crippen molar-refractivity contribution in [2.24, 2.45) is 0 Å². The van der Waals surface area contributed by atoms with Crippen molar-refractivity contribution >= 4 is 16.9 Å². The Kier molecular flexibility index (Phi) is 1.21. The summed E-state index contributed by atoms with van der Waals surface area (Å²) < 4.78 is 1.34. The van der Waals surface area contributed by atoms with Crippen LogP contribution < -0.4 is 5.73 Å². The molecule has 5 nitrogen and oxygen atoms in total. The van der Waals surface area contributed by atoms with E-state index in [1.165, 1.54) is 10.9 Å². The van der Waals surface area contributed by atoms with E-state index >= 15 is 0 Å². The smallest absolute Gasteiger partial charge is 0.188 e. The van der Waals surface area contributed by atoms with E-state index in [-0.39, 0.29) is 0 Å². The zero-order valence-corrected chi connectivity index (χ0v) is 6.10.